The molecule has 0 aliphatic heterocycles. The fraction of sp³-hybridized carbons (Fsp3) is 0.385. The van der Waals surface area contributed by atoms with E-state index in [1.54, 1.807) is 11.8 Å². The first-order chi connectivity index (χ1) is 9.15. The van der Waals surface area contributed by atoms with E-state index in [-0.39, 0.29) is 6.42 Å². The van der Waals surface area contributed by atoms with Crippen molar-refractivity contribution in [3.8, 4) is 0 Å². The summed E-state index contributed by atoms with van der Waals surface area (Å²) >= 11 is 1.66. The lowest BCUT2D eigenvalue weighted by Gasteiger charge is -1.97. The van der Waals surface area contributed by atoms with E-state index in [9.17, 15) is 4.79 Å². The van der Waals surface area contributed by atoms with Gasteiger partial charge >= 0.3 is 5.97 Å². The van der Waals surface area contributed by atoms with Crippen molar-refractivity contribution in [3.63, 3.8) is 0 Å². The third-order valence-corrected chi connectivity index (χ3v) is 3.72. The Labute approximate surface area is 115 Å². The van der Waals surface area contributed by atoms with Crippen LogP contribution in [0, 0.1) is 0 Å². The molecule has 102 valence electrons. The first-order valence-electron chi connectivity index (χ1n) is 6.25. The first-order valence-corrected chi connectivity index (χ1v) is 7.23. The Morgan fingerprint density at radius 2 is 2.21 bits per heavy atom. The van der Waals surface area contributed by atoms with Gasteiger partial charge in [0.2, 0.25) is 0 Å². The lowest BCUT2D eigenvalue weighted by Crippen LogP contribution is -1.93. The van der Waals surface area contributed by atoms with Crippen molar-refractivity contribution in [1.29, 1.82) is 0 Å². The number of imidazole rings is 1. The highest BCUT2D eigenvalue weighted by atomic mass is 32.2. The van der Waals surface area contributed by atoms with Crippen LogP contribution in [-0.4, -0.2) is 26.8 Å². The van der Waals surface area contributed by atoms with Gasteiger partial charge in [-0.1, -0.05) is 18.2 Å². The van der Waals surface area contributed by atoms with Gasteiger partial charge in [-0.05, 0) is 31.0 Å². The predicted molar refractivity (Wildman–Crippen MR) is 77.3 cm³/mol. The number of aromatic nitrogens is 2. The highest BCUT2D eigenvalue weighted by Crippen LogP contribution is 2.22. The molecule has 1 heterocycles. The Morgan fingerprint density at radius 3 is 3.00 bits per heavy atom. The molecule has 0 atom stereocenters. The van der Waals surface area contributed by atoms with Crippen LogP contribution in [0.1, 0.15) is 25.7 Å². The molecule has 0 unspecified atom stereocenters. The zero-order valence-corrected chi connectivity index (χ0v) is 11.4. The minimum Gasteiger partial charge on any atom is -0.481 e. The van der Waals surface area contributed by atoms with Crippen LogP contribution in [0.2, 0.25) is 0 Å². The molecular formula is C13H17N3O2S. The van der Waals surface area contributed by atoms with Crippen molar-refractivity contribution in [2.45, 2.75) is 30.8 Å². The summed E-state index contributed by atoms with van der Waals surface area (Å²) in [6.45, 7) is 0. The maximum absolute atomic E-state index is 10.3. The molecule has 0 saturated heterocycles. The molecule has 19 heavy (non-hydrogen) atoms. The van der Waals surface area contributed by atoms with Gasteiger partial charge in [-0.2, -0.15) is 0 Å². The Kier molecular flexibility index (Phi) is 4.68. The number of hydrogen-bond acceptors (Lipinski definition) is 4. The van der Waals surface area contributed by atoms with Gasteiger partial charge in [-0.25, -0.2) is 4.98 Å². The van der Waals surface area contributed by atoms with Crippen LogP contribution in [0.3, 0.4) is 0 Å². The summed E-state index contributed by atoms with van der Waals surface area (Å²) in [5.74, 6) is 0.220. The number of fused-ring (bicyclic) bond motifs is 1. The Balaban J connectivity index is 1.77. The number of nitrogens with two attached hydrogens (primary N) is 1. The lowest BCUT2D eigenvalue weighted by atomic mass is 10.2. The molecule has 2 rings (SSSR count). The average Bonchev–Trinajstić information content (AvgIpc) is 2.75. The second-order valence-corrected chi connectivity index (χ2v) is 5.46. The molecule has 0 radical (unpaired) electrons. The van der Waals surface area contributed by atoms with E-state index < -0.39 is 5.97 Å². The molecule has 0 fully saturated rings. The summed E-state index contributed by atoms with van der Waals surface area (Å²) in [6.07, 6.45) is 2.94. The summed E-state index contributed by atoms with van der Waals surface area (Å²) in [6, 6.07) is 5.61. The van der Waals surface area contributed by atoms with Crippen LogP contribution in [0.5, 0.6) is 0 Å². The van der Waals surface area contributed by atoms with Gasteiger partial charge in [-0.3, -0.25) is 4.79 Å². The van der Waals surface area contributed by atoms with E-state index in [0.717, 1.165) is 46.9 Å². The van der Waals surface area contributed by atoms with E-state index in [1.807, 2.05) is 18.2 Å². The number of nitrogen functional groups attached to an aromatic ring is 1. The lowest BCUT2D eigenvalue weighted by molar-refractivity contribution is -0.137. The van der Waals surface area contributed by atoms with Gasteiger partial charge in [0, 0.05) is 17.9 Å². The minimum absolute atomic E-state index is 0.259. The molecule has 0 bridgehead atoms. The third-order valence-electron chi connectivity index (χ3n) is 2.76. The van der Waals surface area contributed by atoms with E-state index in [1.165, 1.54) is 0 Å². The Bertz CT molecular complexity index is 568. The molecule has 1 aromatic carbocycles. The van der Waals surface area contributed by atoms with Crippen molar-refractivity contribution < 1.29 is 9.90 Å². The number of aliphatic carboxylic acids is 1. The zero-order valence-electron chi connectivity index (χ0n) is 10.6. The monoisotopic (exact) mass is 279 g/mol. The highest BCUT2D eigenvalue weighted by molar-refractivity contribution is 7.99. The van der Waals surface area contributed by atoms with Crippen molar-refractivity contribution in [2.24, 2.45) is 0 Å². The average molecular weight is 279 g/mol. The van der Waals surface area contributed by atoms with Crippen LogP contribution in [-0.2, 0) is 4.79 Å². The Morgan fingerprint density at radius 1 is 1.37 bits per heavy atom. The van der Waals surface area contributed by atoms with Gasteiger partial charge in [-0.15, -0.1) is 0 Å². The predicted octanol–water partition coefficient (Wildman–Crippen LogP) is 2.88. The van der Waals surface area contributed by atoms with Gasteiger partial charge in [0.25, 0.3) is 0 Å². The van der Waals surface area contributed by atoms with Crippen LogP contribution in [0.25, 0.3) is 11.0 Å². The van der Waals surface area contributed by atoms with Crippen LogP contribution in [0.15, 0.2) is 23.4 Å². The van der Waals surface area contributed by atoms with Gasteiger partial charge < -0.3 is 15.8 Å². The summed E-state index contributed by atoms with van der Waals surface area (Å²) in [5, 5.41) is 9.41. The van der Waals surface area contributed by atoms with E-state index in [0.29, 0.717) is 0 Å². The number of benzene rings is 1. The maximum Gasteiger partial charge on any atom is 0.303 e. The van der Waals surface area contributed by atoms with Gasteiger partial charge in [0.15, 0.2) is 5.16 Å². The van der Waals surface area contributed by atoms with Crippen molar-refractivity contribution in [1.82, 2.24) is 9.97 Å². The third kappa shape index (κ3) is 4.17. The number of rotatable bonds is 7. The smallest absolute Gasteiger partial charge is 0.303 e. The molecule has 1 aromatic heterocycles. The van der Waals surface area contributed by atoms with Gasteiger partial charge in [0.05, 0.1) is 11.0 Å². The number of H-pyrrole nitrogens is 1. The fourth-order valence-electron chi connectivity index (χ4n) is 1.80. The molecular weight excluding hydrogens is 262 g/mol. The quantitative estimate of drug-likeness (QED) is 0.412. The number of aromatic amines is 1. The number of unbranched alkanes of at least 4 members (excludes halogenated alkanes) is 2. The van der Waals surface area contributed by atoms with Crippen molar-refractivity contribution in [2.75, 3.05) is 11.5 Å². The SMILES string of the molecule is Nc1ccc2nc(SCCCCCC(=O)O)[nH]c2c1. The molecule has 2 aromatic rings. The number of carbonyl (C=O) groups is 1. The number of nitrogens with one attached hydrogen (secondary N) is 1. The summed E-state index contributed by atoms with van der Waals surface area (Å²) in [4.78, 5) is 18.0. The largest absolute Gasteiger partial charge is 0.481 e. The van der Waals surface area contributed by atoms with Crippen LogP contribution in [0.4, 0.5) is 5.69 Å². The number of nitrogens with zero attached hydrogens (tertiary/aromatic N) is 1. The minimum atomic E-state index is -0.720. The van der Waals surface area contributed by atoms with Crippen molar-refractivity contribution in [3.05, 3.63) is 18.2 Å². The second-order valence-electron chi connectivity index (χ2n) is 4.37. The van der Waals surface area contributed by atoms with Crippen LogP contribution >= 0.6 is 11.8 Å². The van der Waals surface area contributed by atoms with E-state index >= 15 is 0 Å². The number of hydrogen-bond donors (Lipinski definition) is 3. The first kappa shape index (κ1) is 13.7. The Hall–Kier alpha value is -1.69. The molecule has 0 aliphatic carbocycles. The molecule has 6 heteroatoms. The zero-order chi connectivity index (χ0) is 13.7. The second kappa shape index (κ2) is 6.47. The maximum atomic E-state index is 10.3. The van der Waals surface area contributed by atoms with Crippen molar-refractivity contribution >= 4 is 34.5 Å². The molecule has 0 saturated carbocycles. The molecule has 5 nitrogen and oxygen atoms in total. The molecule has 0 spiro atoms. The number of carboxylic acids is 1. The van der Waals surface area contributed by atoms with Crippen LogP contribution < -0.4 is 5.73 Å². The summed E-state index contributed by atoms with van der Waals surface area (Å²) in [5.41, 5.74) is 8.30. The molecule has 0 amide bonds. The number of carboxylic acid groups (broad SMARTS) is 1. The fourth-order valence-corrected chi connectivity index (χ4v) is 2.68. The highest BCUT2D eigenvalue weighted by Gasteiger charge is 2.03. The normalized spacial score (nSPS) is 10.9. The summed E-state index contributed by atoms with van der Waals surface area (Å²) < 4.78 is 0. The topological polar surface area (TPSA) is 92.0 Å². The standard InChI is InChI=1S/C13H17N3O2S/c14-9-5-6-10-11(8-9)16-13(15-10)19-7-3-1-2-4-12(17)18/h5-6,8H,1-4,7,14H2,(H,15,16)(H,17,18). The summed E-state index contributed by atoms with van der Waals surface area (Å²) in [7, 11) is 0. The number of anilines is 1. The molecule has 0 aliphatic rings. The van der Waals surface area contributed by atoms with E-state index in [2.05, 4.69) is 9.97 Å². The molecule has 4 N–H and O–H groups in total. The van der Waals surface area contributed by atoms with Gasteiger partial charge in [0.1, 0.15) is 0 Å². The number of thioether (sulfide) groups is 1. The van der Waals surface area contributed by atoms with E-state index in [4.69, 9.17) is 10.8 Å².